The monoisotopic (exact) mass is 259 g/mol. The van der Waals surface area contributed by atoms with Crippen LogP contribution in [-0.2, 0) is 16.1 Å². The van der Waals surface area contributed by atoms with Crippen LogP contribution in [0.5, 0.6) is 0 Å². The molecule has 2 aromatic rings. The van der Waals surface area contributed by atoms with Gasteiger partial charge in [-0.3, -0.25) is 9.59 Å². The van der Waals surface area contributed by atoms with E-state index in [0.717, 1.165) is 5.52 Å². The Kier molecular flexibility index (Phi) is 3.42. The van der Waals surface area contributed by atoms with Crippen molar-refractivity contribution in [1.29, 1.82) is 0 Å². The first-order valence-electron chi connectivity index (χ1n) is 6.12. The van der Waals surface area contributed by atoms with E-state index < -0.39 is 5.41 Å². The normalized spacial score (nSPS) is 11.5. The summed E-state index contributed by atoms with van der Waals surface area (Å²) in [7, 11) is 1.38. The van der Waals surface area contributed by atoms with Crippen molar-refractivity contribution in [3.63, 3.8) is 0 Å². The van der Waals surface area contributed by atoms with Crippen LogP contribution in [-0.4, -0.2) is 17.6 Å². The molecule has 1 heterocycles. The van der Waals surface area contributed by atoms with Crippen molar-refractivity contribution in [2.24, 2.45) is 5.41 Å². The number of carbonyl (C=O) groups is 1. The lowest BCUT2D eigenvalue weighted by Gasteiger charge is -2.24. The van der Waals surface area contributed by atoms with Gasteiger partial charge >= 0.3 is 5.97 Å². The second kappa shape index (κ2) is 4.88. The standard InChI is InChI=1S/C15H17NO3/c1-15(2,14(18)19-3)10-16-9-8-13(17)11-6-4-5-7-12(11)16/h4-9H,10H2,1-3H3. The van der Waals surface area contributed by atoms with Crippen LogP contribution in [0, 0.1) is 5.41 Å². The number of methoxy groups -OCH3 is 1. The lowest BCUT2D eigenvalue weighted by Crippen LogP contribution is -2.31. The molecule has 0 bridgehead atoms. The van der Waals surface area contributed by atoms with E-state index in [2.05, 4.69) is 0 Å². The quantitative estimate of drug-likeness (QED) is 0.794. The van der Waals surface area contributed by atoms with E-state index in [9.17, 15) is 9.59 Å². The minimum Gasteiger partial charge on any atom is -0.469 e. The molecule has 0 atom stereocenters. The number of ether oxygens (including phenoxy) is 1. The van der Waals surface area contributed by atoms with Crippen molar-refractivity contribution in [2.45, 2.75) is 20.4 Å². The fourth-order valence-electron chi connectivity index (χ4n) is 2.16. The number of carbonyl (C=O) groups excluding carboxylic acids is 1. The Morgan fingerprint density at radius 2 is 1.95 bits per heavy atom. The maximum absolute atomic E-state index is 11.8. The molecule has 0 radical (unpaired) electrons. The van der Waals surface area contributed by atoms with Crippen LogP contribution in [0.15, 0.2) is 41.3 Å². The van der Waals surface area contributed by atoms with Crippen molar-refractivity contribution < 1.29 is 9.53 Å². The van der Waals surface area contributed by atoms with E-state index in [-0.39, 0.29) is 11.4 Å². The van der Waals surface area contributed by atoms with Crippen molar-refractivity contribution in [2.75, 3.05) is 7.11 Å². The summed E-state index contributed by atoms with van der Waals surface area (Å²) in [5.74, 6) is -0.268. The van der Waals surface area contributed by atoms with Gasteiger partial charge in [0.15, 0.2) is 5.43 Å². The third kappa shape index (κ3) is 2.52. The molecular formula is C15H17NO3. The van der Waals surface area contributed by atoms with Crippen LogP contribution in [0.4, 0.5) is 0 Å². The zero-order valence-corrected chi connectivity index (χ0v) is 11.3. The van der Waals surface area contributed by atoms with Gasteiger partial charge < -0.3 is 9.30 Å². The maximum Gasteiger partial charge on any atom is 0.313 e. The number of esters is 1. The third-order valence-electron chi connectivity index (χ3n) is 3.19. The molecule has 19 heavy (non-hydrogen) atoms. The Labute approximate surface area is 111 Å². The summed E-state index contributed by atoms with van der Waals surface area (Å²) in [4.78, 5) is 23.5. The fourth-order valence-corrected chi connectivity index (χ4v) is 2.16. The molecule has 0 saturated heterocycles. The molecule has 0 spiro atoms. The Hall–Kier alpha value is -2.10. The first kappa shape index (κ1) is 13.3. The SMILES string of the molecule is COC(=O)C(C)(C)Cn1ccc(=O)c2ccccc21. The van der Waals surface area contributed by atoms with Crippen LogP contribution in [0.25, 0.3) is 10.9 Å². The number of pyridine rings is 1. The summed E-state index contributed by atoms with van der Waals surface area (Å²) in [6, 6.07) is 8.90. The van der Waals surface area contributed by atoms with Gasteiger partial charge in [0.2, 0.25) is 0 Å². The summed E-state index contributed by atoms with van der Waals surface area (Å²) < 4.78 is 6.72. The van der Waals surface area contributed by atoms with Gasteiger partial charge in [-0.25, -0.2) is 0 Å². The third-order valence-corrected chi connectivity index (χ3v) is 3.19. The first-order valence-corrected chi connectivity index (χ1v) is 6.12. The van der Waals surface area contributed by atoms with Crippen molar-refractivity contribution in [3.05, 3.63) is 46.8 Å². The molecule has 0 amide bonds. The molecule has 0 unspecified atom stereocenters. The second-order valence-corrected chi connectivity index (χ2v) is 5.20. The molecule has 0 N–H and O–H groups in total. The first-order chi connectivity index (χ1) is 8.95. The molecule has 0 fully saturated rings. The average Bonchev–Trinajstić information content (AvgIpc) is 2.41. The zero-order valence-electron chi connectivity index (χ0n) is 11.3. The van der Waals surface area contributed by atoms with Gasteiger partial charge in [-0.15, -0.1) is 0 Å². The van der Waals surface area contributed by atoms with E-state index >= 15 is 0 Å². The van der Waals surface area contributed by atoms with E-state index in [1.807, 2.05) is 36.6 Å². The fraction of sp³-hybridized carbons (Fsp3) is 0.333. The summed E-state index contributed by atoms with van der Waals surface area (Å²) in [5.41, 5.74) is 0.168. The van der Waals surface area contributed by atoms with Gasteiger partial charge in [0, 0.05) is 24.2 Å². The van der Waals surface area contributed by atoms with Crippen LogP contribution in [0.1, 0.15) is 13.8 Å². The number of benzene rings is 1. The molecule has 2 rings (SSSR count). The number of nitrogens with zero attached hydrogens (tertiary/aromatic N) is 1. The summed E-state index contributed by atoms with van der Waals surface area (Å²) in [5, 5.41) is 0.658. The second-order valence-electron chi connectivity index (χ2n) is 5.20. The topological polar surface area (TPSA) is 48.3 Å². The molecule has 100 valence electrons. The smallest absolute Gasteiger partial charge is 0.313 e. The van der Waals surface area contributed by atoms with Gasteiger partial charge in [0.05, 0.1) is 18.0 Å². The van der Waals surface area contributed by atoms with Crippen LogP contribution in [0.2, 0.25) is 0 Å². The Morgan fingerprint density at radius 1 is 1.26 bits per heavy atom. The highest BCUT2D eigenvalue weighted by Gasteiger charge is 2.29. The largest absolute Gasteiger partial charge is 0.469 e. The average molecular weight is 259 g/mol. The minimum atomic E-state index is -0.646. The zero-order chi connectivity index (χ0) is 14.0. The number of fused-ring (bicyclic) bond motifs is 1. The number of rotatable bonds is 3. The Balaban J connectivity index is 2.50. The molecule has 0 aliphatic heterocycles. The number of hydrogen-bond acceptors (Lipinski definition) is 3. The van der Waals surface area contributed by atoms with Crippen molar-refractivity contribution >= 4 is 16.9 Å². The number of para-hydroxylation sites is 1. The van der Waals surface area contributed by atoms with Crippen molar-refractivity contribution in [3.8, 4) is 0 Å². The van der Waals surface area contributed by atoms with Crippen molar-refractivity contribution in [1.82, 2.24) is 4.57 Å². The minimum absolute atomic E-state index is 0.0114. The number of hydrogen-bond donors (Lipinski definition) is 0. The molecule has 4 nitrogen and oxygen atoms in total. The highest BCUT2D eigenvalue weighted by molar-refractivity contribution is 5.79. The van der Waals surface area contributed by atoms with Crippen LogP contribution < -0.4 is 5.43 Å². The number of aromatic nitrogens is 1. The lowest BCUT2D eigenvalue weighted by atomic mass is 9.93. The summed E-state index contributed by atoms with van der Waals surface area (Å²) >= 11 is 0. The highest BCUT2D eigenvalue weighted by Crippen LogP contribution is 2.22. The van der Waals surface area contributed by atoms with Gasteiger partial charge in [0.25, 0.3) is 0 Å². The van der Waals surface area contributed by atoms with Crippen LogP contribution >= 0.6 is 0 Å². The Bertz CT molecular complexity index is 670. The van der Waals surface area contributed by atoms with Gasteiger partial charge in [0.1, 0.15) is 0 Å². The molecule has 1 aromatic heterocycles. The predicted molar refractivity (Wildman–Crippen MR) is 74.0 cm³/mol. The Morgan fingerprint density at radius 3 is 2.63 bits per heavy atom. The summed E-state index contributed by atoms with van der Waals surface area (Å²) in [6.45, 7) is 4.11. The molecule has 4 heteroatoms. The van der Waals surface area contributed by atoms with Crippen LogP contribution in [0.3, 0.4) is 0 Å². The molecular weight excluding hydrogens is 242 g/mol. The molecule has 0 saturated carbocycles. The maximum atomic E-state index is 11.8. The van der Waals surface area contributed by atoms with Gasteiger partial charge in [-0.1, -0.05) is 12.1 Å². The van der Waals surface area contributed by atoms with Gasteiger partial charge in [-0.05, 0) is 26.0 Å². The molecule has 1 aromatic carbocycles. The van der Waals surface area contributed by atoms with E-state index in [0.29, 0.717) is 11.9 Å². The molecule has 0 aliphatic carbocycles. The van der Waals surface area contributed by atoms with E-state index in [1.165, 1.54) is 13.2 Å². The van der Waals surface area contributed by atoms with E-state index in [1.54, 1.807) is 12.3 Å². The predicted octanol–water partition coefficient (Wildman–Crippen LogP) is 2.20. The van der Waals surface area contributed by atoms with Gasteiger partial charge in [-0.2, -0.15) is 0 Å². The highest BCUT2D eigenvalue weighted by atomic mass is 16.5. The van der Waals surface area contributed by atoms with E-state index in [4.69, 9.17) is 4.74 Å². The summed E-state index contributed by atoms with van der Waals surface area (Å²) in [6.07, 6.45) is 1.72. The lowest BCUT2D eigenvalue weighted by molar-refractivity contribution is -0.151. The molecule has 0 aliphatic rings.